The SMILES string of the molecule is COc1c(C)cc(C)c(Nc2ccc(C(c3ccc(Nc4c(C)cc(C)c(C)c4C)cc3)c3ccc(S(=O)(=O)O)cc3S(=O)(=O)O)cc2)c1C. The topological polar surface area (TPSA) is 142 Å². The molecule has 0 saturated carbocycles. The number of nitrogens with one attached hydrogen (secondary N) is 2. The number of ether oxygens (including phenoxy) is 1. The summed E-state index contributed by atoms with van der Waals surface area (Å²) in [5.74, 6) is 0.0418. The van der Waals surface area contributed by atoms with E-state index in [2.05, 4.69) is 44.4 Å². The van der Waals surface area contributed by atoms with E-state index in [0.29, 0.717) is 11.1 Å². The number of methoxy groups -OCH3 is 1. The van der Waals surface area contributed by atoms with Crippen molar-refractivity contribution in [3.05, 3.63) is 134 Å². The summed E-state index contributed by atoms with van der Waals surface area (Å²) < 4.78 is 74.9. The van der Waals surface area contributed by atoms with Crippen molar-refractivity contribution in [2.75, 3.05) is 17.7 Å². The van der Waals surface area contributed by atoms with Crippen molar-refractivity contribution in [1.82, 2.24) is 0 Å². The van der Waals surface area contributed by atoms with Crippen molar-refractivity contribution in [3.63, 3.8) is 0 Å². The van der Waals surface area contributed by atoms with E-state index in [9.17, 15) is 25.9 Å². The third-order valence-corrected chi connectivity index (χ3v) is 11.1. The molecule has 11 heteroatoms. The number of hydrogen-bond donors (Lipinski definition) is 4. The Morgan fingerprint density at radius 2 is 1.04 bits per heavy atom. The third-order valence-electron chi connectivity index (χ3n) is 9.36. The summed E-state index contributed by atoms with van der Waals surface area (Å²) in [4.78, 5) is -1.27. The lowest BCUT2D eigenvalue weighted by atomic mass is 9.85. The molecule has 0 bridgehead atoms. The molecule has 0 fully saturated rings. The number of benzene rings is 5. The Morgan fingerprint density at radius 3 is 1.50 bits per heavy atom. The fraction of sp³-hybridized carbons (Fsp3) is 0.231. The molecule has 9 nitrogen and oxygen atoms in total. The van der Waals surface area contributed by atoms with Gasteiger partial charge in [0.2, 0.25) is 0 Å². The van der Waals surface area contributed by atoms with Crippen LogP contribution in [0.2, 0.25) is 0 Å². The van der Waals surface area contributed by atoms with E-state index in [4.69, 9.17) is 4.74 Å². The summed E-state index contributed by atoms with van der Waals surface area (Å²) in [6.45, 7) is 14.3. The fourth-order valence-electron chi connectivity index (χ4n) is 6.65. The first-order valence-electron chi connectivity index (χ1n) is 16.0. The van der Waals surface area contributed by atoms with E-state index < -0.39 is 35.9 Å². The maximum Gasteiger partial charge on any atom is 0.294 e. The second kappa shape index (κ2) is 13.9. The standard InChI is InChI=1S/C39H42N2O7S2/c1-22-19-23(2)37(27(6)26(22)5)40-31-13-9-29(10-14-31)36(34-18-17-33(49(42,43)44)21-35(34)50(45,46)47)30-11-15-32(16-12-30)41-38-24(3)20-25(4)39(48-8)28(38)7/h9-21,36,40-41H,1-8H3,(H,42,43,44)(H,45,46,47). The molecular formula is C39H42N2O7S2. The molecule has 1 unspecified atom stereocenters. The average molecular weight is 715 g/mol. The molecule has 0 aromatic heterocycles. The molecule has 50 heavy (non-hydrogen) atoms. The van der Waals surface area contributed by atoms with Crippen molar-refractivity contribution in [1.29, 1.82) is 0 Å². The van der Waals surface area contributed by atoms with E-state index in [0.717, 1.165) is 68.4 Å². The van der Waals surface area contributed by atoms with Crippen LogP contribution >= 0.6 is 0 Å². The summed E-state index contributed by atoms with van der Waals surface area (Å²) >= 11 is 0. The Hall–Kier alpha value is -4.68. The Morgan fingerprint density at radius 1 is 0.560 bits per heavy atom. The zero-order valence-electron chi connectivity index (χ0n) is 29.3. The van der Waals surface area contributed by atoms with Crippen LogP contribution in [0.25, 0.3) is 0 Å². The Kier molecular flexibility index (Phi) is 10.2. The van der Waals surface area contributed by atoms with Gasteiger partial charge in [0.1, 0.15) is 5.75 Å². The van der Waals surface area contributed by atoms with Crippen LogP contribution in [0.15, 0.2) is 88.7 Å². The Balaban J connectivity index is 1.61. The van der Waals surface area contributed by atoms with Gasteiger partial charge in [-0.25, -0.2) is 0 Å². The number of aryl methyl sites for hydroxylation is 4. The van der Waals surface area contributed by atoms with Gasteiger partial charge in [-0.15, -0.1) is 0 Å². The van der Waals surface area contributed by atoms with Gasteiger partial charge in [0.15, 0.2) is 0 Å². The highest BCUT2D eigenvalue weighted by molar-refractivity contribution is 7.86. The van der Waals surface area contributed by atoms with Gasteiger partial charge in [-0.1, -0.05) is 42.5 Å². The fourth-order valence-corrected chi connectivity index (χ4v) is 7.99. The maximum atomic E-state index is 12.7. The molecule has 4 N–H and O–H groups in total. The predicted molar refractivity (Wildman–Crippen MR) is 199 cm³/mol. The Bertz CT molecular complexity index is 2320. The van der Waals surface area contributed by atoms with Gasteiger partial charge in [-0.2, -0.15) is 16.8 Å². The summed E-state index contributed by atoms with van der Waals surface area (Å²) in [6.07, 6.45) is 0. The first-order valence-corrected chi connectivity index (χ1v) is 18.8. The van der Waals surface area contributed by atoms with Gasteiger partial charge in [0, 0.05) is 34.2 Å². The molecule has 0 radical (unpaired) electrons. The van der Waals surface area contributed by atoms with Crippen LogP contribution in [0.3, 0.4) is 0 Å². The summed E-state index contributed by atoms with van der Waals surface area (Å²) in [5, 5.41) is 6.99. The lowest BCUT2D eigenvalue weighted by molar-refractivity contribution is 0.409. The van der Waals surface area contributed by atoms with E-state index in [1.165, 1.54) is 17.2 Å². The van der Waals surface area contributed by atoms with Crippen LogP contribution in [-0.2, 0) is 20.2 Å². The maximum absolute atomic E-state index is 12.7. The molecule has 262 valence electrons. The smallest absolute Gasteiger partial charge is 0.294 e. The van der Waals surface area contributed by atoms with Crippen molar-refractivity contribution in [3.8, 4) is 5.75 Å². The van der Waals surface area contributed by atoms with E-state index in [-0.39, 0.29) is 5.56 Å². The lowest BCUT2D eigenvalue weighted by Crippen LogP contribution is -2.12. The molecule has 0 saturated heterocycles. The molecule has 0 heterocycles. The quantitative estimate of drug-likeness (QED) is 0.0824. The largest absolute Gasteiger partial charge is 0.496 e. The Labute approximate surface area is 294 Å². The van der Waals surface area contributed by atoms with Crippen LogP contribution in [0.1, 0.15) is 61.6 Å². The third kappa shape index (κ3) is 7.41. The minimum Gasteiger partial charge on any atom is -0.496 e. The van der Waals surface area contributed by atoms with Gasteiger partial charge < -0.3 is 15.4 Å². The number of hydrogen-bond acceptors (Lipinski definition) is 7. The van der Waals surface area contributed by atoms with E-state index in [1.807, 2.05) is 75.4 Å². The van der Waals surface area contributed by atoms with Crippen LogP contribution in [0.4, 0.5) is 22.7 Å². The molecule has 1 atom stereocenters. The highest BCUT2D eigenvalue weighted by Crippen LogP contribution is 2.39. The normalized spacial score (nSPS) is 12.4. The summed E-state index contributed by atoms with van der Waals surface area (Å²) in [6, 6.07) is 22.3. The first kappa shape index (κ1) is 36.6. The van der Waals surface area contributed by atoms with Crippen molar-refractivity contribution < 1.29 is 30.7 Å². The zero-order valence-corrected chi connectivity index (χ0v) is 31.0. The zero-order chi connectivity index (χ0) is 36.7. The van der Waals surface area contributed by atoms with Gasteiger partial charge in [0.05, 0.1) is 16.9 Å². The molecule has 0 aliphatic heterocycles. The van der Waals surface area contributed by atoms with Gasteiger partial charge >= 0.3 is 0 Å². The molecule has 0 spiro atoms. The van der Waals surface area contributed by atoms with Crippen molar-refractivity contribution in [2.45, 2.75) is 64.2 Å². The minimum atomic E-state index is -4.92. The minimum absolute atomic E-state index is 0.136. The van der Waals surface area contributed by atoms with Crippen LogP contribution in [-0.4, -0.2) is 33.1 Å². The van der Waals surface area contributed by atoms with E-state index >= 15 is 0 Å². The average Bonchev–Trinajstić information content (AvgIpc) is 3.05. The van der Waals surface area contributed by atoms with Crippen LogP contribution in [0, 0.1) is 48.5 Å². The molecule has 5 aromatic carbocycles. The van der Waals surface area contributed by atoms with Gasteiger partial charge in [-0.05, 0) is 135 Å². The number of anilines is 4. The molecule has 5 aromatic rings. The van der Waals surface area contributed by atoms with Crippen molar-refractivity contribution in [2.24, 2.45) is 0 Å². The second-order valence-electron chi connectivity index (χ2n) is 12.8. The first-order chi connectivity index (χ1) is 23.4. The van der Waals surface area contributed by atoms with Gasteiger partial charge in [0.25, 0.3) is 20.2 Å². The summed E-state index contributed by atoms with van der Waals surface area (Å²) in [5.41, 5.74) is 12.7. The van der Waals surface area contributed by atoms with Gasteiger partial charge in [-0.3, -0.25) is 9.11 Å². The molecule has 5 rings (SSSR count). The highest BCUT2D eigenvalue weighted by atomic mass is 32.2. The lowest BCUT2D eigenvalue weighted by Gasteiger charge is -2.23. The predicted octanol–water partition coefficient (Wildman–Crippen LogP) is 9.01. The van der Waals surface area contributed by atoms with Crippen LogP contribution in [0.5, 0.6) is 5.75 Å². The second-order valence-corrected chi connectivity index (χ2v) is 15.6. The summed E-state index contributed by atoms with van der Waals surface area (Å²) in [7, 11) is -8.04. The van der Waals surface area contributed by atoms with Crippen molar-refractivity contribution >= 4 is 43.0 Å². The van der Waals surface area contributed by atoms with E-state index in [1.54, 1.807) is 7.11 Å². The highest BCUT2D eigenvalue weighted by Gasteiger charge is 2.28. The molecule has 0 aliphatic carbocycles. The number of rotatable bonds is 10. The molecule has 0 aliphatic rings. The molecule has 0 amide bonds. The molecular weight excluding hydrogens is 673 g/mol. The monoisotopic (exact) mass is 714 g/mol. The van der Waals surface area contributed by atoms with Crippen LogP contribution < -0.4 is 15.4 Å².